The van der Waals surface area contributed by atoms with Crippen molar-refractivity contribution in [3.63, 3.8) is 0 Å². The lowest BCUT2D eigenvalue weighted by atomic mass is 10.4. The van der Waals surface area contributed by atoms with E-state index in [0.29, 0.717) is 6.61 Å². The van der Waals surface area contributed by atoms with Gasteiger partial charge in [0.05, 0.1) is 46.2 Å². The van der Waals surface area contributed by atoms with Crippen LogP contribution in [0, 0.1) is 11.8 Å². The van der Waals surface area contributed by atoms with Gasteiger partial charge in [0.15, 0.2) is 5.79 Å². The molecule has 0 bridgehead atoms. The molecule has 17 nitrogen and oxygen atoms in total. The summed E-state index contributed by atoms with van der Waals surface area (Å²) in [7, 11) is -7.53. The smallest absolute Gasteiger partial charge is 0.394 e. The molecule has 1 heterocycles. The first-order valence-electron chi connectivity index (χ1n) is 11.1. The van der Waals surface area contributed by atoms with Gasteiger partial charge in [-0.1, -0.05) is 14.9 Å². The largest absolute Gasteiger partial charge is 0.472 e. The predicted octanol–water partition coefficient (Wildman–Crippen LogP) is 5.30. The number of hydrogen-bond donors (Lipinski definition) is 7. The fourth-order valence-corrected chi connectivity index (χ4v) is 2.77. The monoisotopic (exact) mass is 845 g/mol. The van der Waals surface area contributed by atoms with E-state index in [2.05, 4.69) is 53.9 Å². The average Bonchev–Trinajstić information content (AvgIpc) is 3.19. The summed E-state index contributed by atoms with van der Waals surface area (Å²) in [4.78, 5) is 17.3. The highest BCUT2D eigenvalue weighted by Crippen LogP contribution is 2.61. The molecule has 1 aliphatic rings. The van der Waals surface area contributed by atoms with Gasteiger partial charge in [0.1, 0.15) is 18.3 Å². The van der Waals surface area contributed by atoms with Crippen LogP contribution in [0.1, 0.15) is 35.6 Å². The Hall–Kier alpha value is 1.38. The first-order valence-corrected chi connectivity index (χ1v) is 23.0. The maximum absolute atomic E-state index is 10.8. The Balaban J connectivity index is -0.0000000808. The number of phosphoric ester groups is 1. The number of nitriles is 1. The highest BCUT2D eigenvalue weighted by Gasteiger charge is 2.31. The molecule has 280 valence electrons. The molecule has 7 N–H and O–H groups in total. The minimum Gasteiger partial charge on any atom is -0.394 e. The van der Waals surface area contributed by atoms with Crippen molar-refractivity contribution in [3.8, 4) is 6.57 Å². The number of hydrogen-bond acceptors (Lipinski definition) is 15. The molecule has 5 atom stereocenters. The van der Waals surface area contributed by atoms with Crippen LogP contribution < -0.4 is 0 Å². The highest BCUT2D eigenvalue weighted by molar-refractivity contribution is 8.24. The van der Waals surface area contributed by atoms with Crippen LogP contribution in [0.2, 0.25) is 0 Å². The van der Waals surface area contributed by atoms with Gasteiger partial charge in [-0.3, -0.25) is 22.7 Å². The Morgan fingerprint density at radius 2 is 1.20 bits per heavy atom. The molecule has 0 aromatic carbocycles. The molecule has 1 saturated heterocycles. The summed E-state index contributed by atoms with van der Waals surface area (Å²) in [6, 6.07) is 0. The van der Waals surface area contributed by atoms with Crippen molar-refractivity contribution in [1.82, 2.24) is 0 Å². The zero-order valence-corrected chi connectivity index (χ0v) is 31.0. The van der Waals surface area contributed by atoms with Crippen LogP contribution in [-0.4, -0.2) is 119 Å². The average molecular weight is 848 g/mol. The molecule has 26 heteroatoms. The minimum atomic E-state index is -4.03. The topological polar surface area (TPSA) is 280 Å². The van der Waals surface area contributed by atoms with Crippen LogP contribution in [-0.2, 0) is 41.3 Å². The SMILES string of the molecule is C.C.C#N.CC1(C)OCC(CO)O1.CCOP(=O)(O)OCC(O)CO.CP(=O)(Cl)Cl.CP(=O)(O)OCC(O)CO.O=P(Cl)(Cl)Cl. The Kier molecular flexibility index (Phi) is 44.6. The summed E-state index contributed by atoms with van der Waals surface area (Å²) in [6.07, 6.45) is -2.37. The Labute approximate surface area is 289 Å². The van der Waals surface area contributed by atoms with Crippen LogP contribution in [0.15, 0.2) is 0 Å². The lowest BCUT2D eigenvalue weighted by Crippen LogP contribution is -2.22. The van der Waals surface area contributed by atoms with Crippen molar-refractivity contribution >= 4 is 82.7 Å². The van der Waals surface area contributed by atoms with E-state index in [0.717, 1.165) is 6.66 Å². The van der Waals surface area contributed by atoms with Gasteiger partial charge in [-0.15, -0.1) is 0 Å². The molecular weight excluding hydrogens is 799 g/mol. The summed E-state index contributed by atoms with van der Waals surface area (Å²) < 4.78 is 63.7. The summed E-state index contributed by atoms with van der Waals surface area (Å²) in [5.74, 6) is -3.19. The highest BCUT2D eigenvalue weighted by atomic mass is 36.0. The molecule has 0 radical (unpaired) electrons. The Morgan fingerprint density at radius 1 is 0.867 bits per heavy atom. The molecule has 0 aromatic heterocycles. The lowest BCUT2D eigenvalue weighted by Gasteiger charge is -2.15. The van der Waals surface area contributed by atoms with Gasteiger partial charge in [-0.2, -0.15) is 0 Å². The van der Waals surface area contributed by atoms with Crippen LogP contribution >= 0.6 is 82.7 Å². The fraction of sp³-hybridized carbons (Fsp3) is 0.947. The molecule has 0 amide bonds. The molecule has 5 unspecified atom stereocenters. The number of halogens is 5. The van der Waals surface area contributed by atoms with Gasteiger partial charge in [-0.25, -0.2) is 9.83 Å². The van der Waals surface area contributed by atoms with E-state index in [9.17, 15) is 18.3 Å². The summed E-state index contributed by atoms with van der Waals surface area (Å²) >= 11 is 23.6. The van der Waals surface area contributed by atoms with Crippen LogP contribution in [0.25, 0.3) is 0 Å². The molecule has 0 spiro atoms. The summed E-state index contributed by atoms with van der Waals surface area (Å²) in [6.45, 7) is 9.85. The zero-order chi connectivity index (χ0) is 35.7. The van der Waals surface area contributed by atoms with E-state index in [-0.39, 0.29) is 40.8 Å². The molecule has 1 fully saturated rings. The maximum atomic E-state index is 10.8. The van der Waals surface area contributed by atoms with E-state index in [1.54, 1.807) is 0 Å². The molecule has 45 heavy (non-hydrogen) atoms. The van der Waals surface area contributed by atoms with Crippen molar-refractivity contribution in [2.24, 2.45) is 0 Å². The van der Waals surface area contributed by atoms with Crippen LogP contribution in [0.5, 0.6) is 0 Å². The number of phosphoric acid groups is 1. The molecule has 1 rings (SSSR count). The third-order valence-corrected chi connectivity index (χ3v) is 4.61. The quantitative estimate of drug-likeness (QED) is 0.130. The van der Waals surface area contributed by atoms with Crippen molar-refractivity contribution in [1.29, 1.82) is 5.26 Å². The zero-order valence-electron chi connectivity index (χ0n) is 23.7. The first-order chi connectivity index (χ1) is 19.1. The van der Waals surface area contributed by atoms with Gasteiger partial charge in [0.2, 0.25) is 5.85 Å². The molecule has 0 aromatic rings. The standard InChI is InChI=1S/C6H12O3.C5H13O6P.C4H11O5P.CH3Cl2OP.CHN.2CH4.Cl3OP/c1-6(2)8-4-5(3-7)9-6;1-2-10-12(8,9)11-4-5(7)3-6;1-10(7,8)9-3-4(6)2-5;1-5(2,3)4;1-2;;;1-5(2,3)4/h5,7H,3-4H2,1-2H3;5-7H,2-4H2,1H3,(H,8,9);4-6H,2-3H2,1H3,(H,7,8);1H3;1H;2*1H4;. The number of aliphatic hydroxyl groups is 5. The van der Waals surface area contributed by atoms with Crippen molar-refractivity contribution in [3.05, 3.63) is 0 Å². The molecule has 0 saturated carbocycles. The van der Waals surface area contributed by atoms with Crippen molar-refractivity contribution in [2.75, 3.05) is 59.6 Å². The first kappa shape index (κ1) is 61.6. The van der Waals surface area contributed by atoms with Gasteiger partial charge < -0.3 is 49.3 Å². The number of rotatable bonds is 11. The normalized spacial score (nSPS) is 18.7. The third kappa shape index (κ3) is 72.2. The predicted molar refractivity (Wildman–Crippen MR) is 178 cm³/mol. The number of ether oxygens (including phenoxy) is 2. The van der Waals surface area contributed by atoms with Crippen LogP contribution in [0.3, 0.4) is 0 Å². The van der Waals surface area contributed by atoms with Gasteiger partial charge in [-0.05, 0) is 77.0 Å². The number of nitrogens with zero attached hydrogens (tertiary/aromatic N) is 1. The summed E-state index contributed by atoms with van der Waals surface area (Å²) in [5.41, 5.74) is 0. The van der Waals surface area contributed by atoms with E-state index in [1.165, 1.54) is 13.6 Å². The second kappa shape index (κ2) is 32.6. The summed E-state index contributed by atoms with van der Waals surface area (Å²) in [5, 5.41) is 45.8. The third-order valence-electron chi connectivity index (χ3n) is 2.92. The van der Waals surface area contributed by atoms with Gasteiger partial charge >= 0.3 is 20.6 Å². The van der Waals surface area contributed by atoms with E-state index < -0.39 is 64.3 Å². The fourth-order valence-electron chi connectivity index (χ4n) is 1.56. The molecular formula is C19H48Cl5NO16P4. The lowest BCUT2D eigenvalue weighted by molar-refractivity contribution is -0.142. The molecule has 0 aliphatic carbocycles. The van der Waals surface area contributed by atoms with Gasteiger partial charge in [0, 0.05) is 19.9 Å². The van der Waals surface area contributed by atoms with E-state index >= 15 is 0 Å². The van der Waals surface area contributed by atoms with Crippen molar-refractivity contribution in [2.45, 2.75) is 59.7 Å². The minimum absolute atomic E-state index is 0. The number of aliphatic hydroxyl groups excluding tert-OH is 5. The van der Waals surface area contributed by atoms with Crippen molar-refractivity contribution < 1.29 is 76.6 Å². The Morgan fingerprint density at radius 3 is 1.40 bits per heavy atom. The van der Waals surface area contributed by atoms with E-state index in [4.69, 9.17) is 72.5 Å². The second-order valence-electron chi connectivity index (χ2n) is 7.71. The molecule has 1 aliphatic heterocycles. The van der Waals surface area contributed by atoms with Crippen LogP contribution in [0.4, 0.5) is 0 Å². The van der Waals surface area contributed by atoms with E-state index in [1.807, 2.05) is 13.8 Å². The van der Waals surface area contributed by atoms with Gasteiger partial charge in [0.25, 0.3) is 0 Å². The Bertz CT molecular complexity index is 854. The second-order valence-corrected chi connectivity index (χ2v) is 23.5. The maximum Gasteiger partial charge on any atom is 0.472 e.